The molecule has 7 nitrogen and oxygen atoms in total. The topological polar surface area (TPSA) is 80.4 Å². The third-order valence-corrected chi connectivity index (χ3v) is 7.92. The van der Waals surface area contributed by atoms with Crippen LogP contribution in [0, 0.1) is 5.92 Å². The van der Waals surface area contributed by atoms with Crippen LogP contribution in [-0.4, -0.2) is 33.4 Å². The molecule has 5 heterocycles. The quantitative estimate of drug-likeness (QED) is 0.424. The van der Waals surface area contributed by atoms with Gasteiger partial charge in [-0.2, -0.15) is 0 Å². The van der Waals surface area contributed by atoms with Gasteiger partial charge in [-0.1, -0.05) is 13.0 Å². The van der Waals surface area contributed by atoms with Crippen molar-refractivity contribution in [2.75, 3.05) is 13.1 Å². The second kappa shape index (κ2) is 9.62. The van der Waals surface area contributed by atoms with Crippen LogP contribution in [0.4, 0.5) is 0 Å². The number of nitrogens with one attached hydrogen (secondary N) is 1. The summed E-state index contributed by atoms with van der Waals surface area (Å²) in [6.45, 7) is 5.01. The third kappa shape index (κ3) is 4.80. The van der Waals surface area contributed by atoms with Crippen molar-refractivity contribution < 1.29 is 9.21 Å². The number of aromatic nitrogens is 2. The molecule has 1 saturated heterocycles. The van der Waals surface area contributed by atoms with Gasteiger partial charge in [-0.15, -0.1) is 22.7 Å². The maximum atomic E-state index is 13.7. The van der Waals surface area contributed by atoms with E-state index in [-0.39, 0.29) is 24.6 Å². The molecule has 1 fully saturated rings. The molecule has 5 rings (SSSR count). The monoisotopic (exact) mass is 482 g/mol. The van der Waals surface area contributed by atoms with Gasteiger partial charge in [0.05, 0.1) is 24.7 Å². The highest BCUT2D eigenvalue weighted by Gasteiger charge is 2.22. The Labute approximate surface area is 199 Å². The van der Waals surface area contributed by atoms with E-state index in [1.807, 2.05) is 29.0 Å². The van der Waals surface area contributed by atoms with E-state index in [1.165, 1.54) is 11.3 Å². The Hall–Kier alpha value is -2.75. The first-order valence-corrected chi connectivity index (χ1v) is 12.9. The summed E-state index contributed by atoms with van der Waals surface area (Å²) in [5.41, 5.74) is 0.740. The molecule has 1 N–H and O–H groups in total. The van der Waals surface area contributed by atoms with Gasteiger partial charge < -0.3 is 9.73 Å². The van der Waals surface area contributed by atoms with Crippen LogP contribution in [0.3, 0.4) is 0 Å². The fraction of sp³-hybridized carbons (Fsp3) is 0.375. The summed E-state index contributed by atoms with van der Waals surface area (Å²) >= 11 is 3.09. The van der Waals surface area contributed by atoms with Crippen molar-refractivity contribution in [2.45, 2.75) is 39.4 Å². The predicted octanol–water partition coefficient (Wildman–Crippen LogP) is 4.33. The van der Waals surface area contributed by atoms with E-state index in [1.54, 1.807) is 28.2 Å². The van der Waals surface area contributed by atoms with Crippen molar-refractivity contribution in [2.24, 2.45) is 5.92 Å². The molecule has 4 aromatic heterocycles. The van der Waals surface area contributed by atoms with E-state index in [9.17, 15) is 9.59 Å². The molecular weight excluding hydrogens is 456 g/mol. The number of fused-ring (bicyclic) bond motifs is 1. The molecule has 33 heavy (non-hydrogen) atoms. The Morgan fingerprint density at radius 1 is 1.24 bits per heavy atom. The average Bonchev–Trinajstić information content (AvgIpc) is 3.58. The fourth-order valence-corrected chi connectivity index (χ4v) is 5.95. The first kappa shape index (κ1) is 22.1. The number of furan rings is 1. The number of rotatable bonds is 7. The minimum absolute atomic E-state index is 0.0677. The van der Waals surface area contributed by atoms with Crippen molar-refractivity contribution >= 4 is 38.8 Å². The van der Waals surface area contributed by atoms with E-state index < -0.39 is 0 Å². The molecule has 1 aliphatic heterocycles. The third-order valence-electron chi connectivity index (χ3n) is 6.14. The highest BCUT2D eigenvalue weighted by molar-refractivity contribution is 7.18. The van der Waals surface area contributed by atoms with Crippen LogP contribution in [0.15, 0.2) is 50.5 Å². The van der Waals surface area contributed by atoms with E-state index in [2.05, 4.69) is 17.1 Å². The summed E-state index contributed by atoms with van der Waals surface area (Å²) in [6.07, 6.45) is 3.85. The molecular formula is C24H26N4O3S2. The van der Waals surface area contributed by atoms with Crippen LogP contribution in [0.25, 0.3) is 20.7 Å². The maximum Gasteiger partial charge on any atom is 0.263 e. The number of hydrogen-bond acceptors (Lipinski definition) is 7. The van der Waals surface area contributed by atoms with Gasteiger partial charge in [0, 0.05) is 15.8 Å². The largest absolute Gasteiger partial charge is 0.467 e. The normalized spacial score (nSPS) is 15.3. The van der Waals surface area contributed by atoms with E-state index >= 15 is 0 Å². The molecule has 4 aromatic rings. The van der Waals surface area contributed by atoms with Crippen molar-refractivity contribution in [3.63, 3.8) is 0 Å². The number of carbonyl (C=O) groups is 1. The molecule has 0 saturated carbocycles. The molecule has 0 unspecified atom stereocenters. The standard InChI is InChI=1S/C24H26N4O3S2/c1-16-6-8-27(9-7-16)13-20-26-23-22(18(15-33-23)19-5-3-11-32-19)24(30)28(20)14-21(29)25-12-17-4-2-10-31-17/h2-5,10-11,15-16H,6-9,12-14H2,1H3,(H,25,29). The van der Waals surface area contributed by atoms with Gasteiger partial charge in [0.25, 0.3) is 5.56 Å². The Kier molecular flexibility index (Phi) is 6.43. The number of likely N-dealkylation sites (tertiary alicyclic amines) is 1. The summed E-state index contributed by atoms with van der Waals surface area (Å²) in [4.78, 5) is 35.5. The minimum atomic E-state index is -0.240. The lowest BCUT2D eigenvalue weighted by Crippen LogP contribution is -2.38. The van der Waals surface area contributed by atoms with Crippen LogP contribution in [0.1, 0.15) is 31.4 Å². The number of thiophene rings is 2. The van der Waals surface area contributed by atoms with Gasteiger partial charge in [-0.05, 0) is 55.4 Å². The van der Waals surface area contributed by atoms with Crippen molar-refractivity contribution in [1.29, 1.82) is 0 Å². The zero-order valence-corrected chi connectivity index (χ0v) is 20.1. The average molecular weight is 483 g/mol. The van der Waals surface area contributed by atoms with Gasteiger partial charge in [-0.3, -0.25) is 19.1 Å². The molecule has 0 atom stereocenters. The first-order chi connectivity index (χ1) is 16.1. The predicted molar refractivity (Wildman–Crippen MR) is 131 cm³/mol. The molecule has 0 aromatic carbocycles. The molecule has 9 heteroatoms. The second-order valence-corrected chi connectivity index (χ2v) is 10.3. The Balaban J connectivity index is 1.48. The number of piperidine rings is 1. The van der Waals surface area contributed by atoms with Crippen molar-refractivity contribution in [1.82, 2.24) is 19.8 Å². The zero-order valence-electron chi connectivity index (χ0n) is 18.5. The van der Waals surface area contributed by atoms with Crippen molar-refractivity contribution in [3.8, 4) is 10.4 Å². The zero-order chi connectivity index (χ0) is 22.8. The Morgan fingerprint density at radius 3 is 2.82 bits per heavy atom. The number of carbonyl (C=O) groups excluding carboxylic acids is 1. The Bertz CT molecular complexity index is 1280. The second-order valence-electron chi connectivity index (χ2n) is 8.54. The van der Waals surface area contributed by atoms with Crippen LogP contribution in [0.5, 0.6) is 0 Å². The number of nitrogens with zero attached hydrogens (tertiary/aromatic N) is 3. The highest BCUT2D eigenvalue weighted by atomic mass is 32.1. The lowest BCUT2D eigenvalue weighted by molar-refractivity contribution is -0.122. The van der Waals surface area contributed by atoms with Gasteiger partial charge in [0.15, 0.2) is 0 Å². The fourth-order valence-electron chi connectivity index (χ4n) is 4.18. The summed E-state index contributed by atoms with van der Waals surface area (Å²) in [7, 11) is 0. The molecule has 0 spiro atoms. The SMILES string of the molecule is CC1CCN(Cc2nc3scc(-c4cccs4)c3c(=O)n2CC(=O)NCc2ccco2)CC1. The lowest BCUT2D eigenvalue weighted by Gasteiger charge is -2.30. The van der Waals surface area contributed by atoms with Crippen LogP contribution in [0.2, 0.25) is 0 Å². The number of amides is 1. The first-order valence-electron chi connectivity index (χ1n) is 11.1. The molecule has 0 aliphatic carbocycles. The molecule has 0 bridgehead atoms. The smallest absolute Gasteiger partial charge is 0.263 e. The summed E-state index contributed by atoms with van der Waals surface area (Å²) in [5, 5.41) is 7.44. The van der Waals surface area contributed by atoms with Gasteiger partial charge >= 0.3 is 0 Å². The summed E-state index contributed by atoms with van der Waals surface area (Å²) in [5.74, 6) is 1.80. The van der Waals surface area contributed by atoms with Crippen LogP contribution in [-0.2, 0) is 24.4 Å². The lowest BCUT2D eigenvalue weighted by atomic mass is 9.99. The summed E-state index contributed by atoms with van der Waals surface area (Å²) < 4.78 is 6.85. The van der Waals surface area contributed by atoms with E-state index in [0.29, 0.717) is 23.5 Å². The Morgan fingerprint density at radius 2 is 2.09 bits per heavy atom. The van der Waals surface area contributed by atoms with E-state index in [0.717, 1.165) is 47.1 Å². The minimum Gasteiger partial charge on any atom is -0.467 e. The molecule has 1 amide bonds. The summed E-state index contributed by atoms with van der Waals surface area (Å²) in [6, 6.07) is 7.57. The maximum absolute atomic E-state index is 13.7. The van der Waals surface area contributed by atoms with Gasteiger partial charge in [0.2, 0.25) is 5.91 Å². The number of hydrogen-bond donors (Lipinski definition) is 1. The van der Waals surface area contributed by atoms with Gasteiger partial charge in [-0.25, -0.2) is 4.98 Å². The highest BCUT2D eigenvalue weighted by Crippen LogP contribution is 2.34. The van der Waals surface area contributed by atoms with Crippen LogP contribution < -0.4 is 10.9 Å². The molecule has 172 valence electrons. The molecule has 1 aliphatic rings. The van der Waals surface area contributed by atoms with E-state index in [4.69, 9.17) is 9.40 Å². The van der Waals surface area contributed by atoms with Crippen molar-refractivity contribution in [3.05, 3.63) is 63.2 Å². The van der Waals surface area contributed by atoms with Gasteiger partial charge in [0.1, 0.15) is 23.0 Å². The van der Waals surface area contributed by atoms with Crippen LogP contribution >= 0.6 is 22.7 Å². The molecule has 0 radical (unpaired) electrons.